The van der Waals surface area contributed by atoms with Crippen LogP contribution >= 0.6 is 22.9 Å². The van der Waals surface area contributed by atoms with E-state index in [9.17, 15) is 9.18 Å². The number of piperazine rings is 1. The number of carbonyl (C=O) groups is 1. The van der Waals surface area contributed by atoms with E-state index in [1.165, 1.54) is 23.5 Å². The van der Waals surface area contributed by atoms with Gasteiger partial charge in [0.05, 0.1) is 21.3 Å². The minimum atomic E-state index is -0.293. The van der Waals surface area contributed by atoms with E-state index in [1.54, 1.807) is 23.0 Å². The summed E-state index contributed by atoms with van der Waals surface area (Å²) in [6.07, 6.45) is 1.64. The minimum absolute atomic E-state index is 0.0231. The molecular weight excluding hydrogens is 437 g/mol. The molecule has 3 aromatic heterocycles. The van der Waals surface area contributed by atoms with Crippen LogP contribution in [0.15, 0.2) is 48.7 Å². The van der Waals surface area contributed by atoms with Gasteiger partial charge >= 0.3 is 0 Å². The predicted molar refractivity (Wildman–Crippen MR) is 121 cm³/mol. The van der Waals surface area contributed by atoms with Gasteiger partial charge in [0.15, 0.2) is 0 Å². The standard InChI is InChI=1S/C22H19ClFN5OS/c1-14-18-12-19(31-22(18)29(26-14)17-5-3-16(24)4-6-17)21(30)28-10-8-27(9-11-28)20-7-2-15(23)13-25-20/h2-7,12-13H,8-11H2,1H3. The van der Waals surface area contributed by atoms with Gasteiger partial charge in [0.25, 0.3) is 5.91 Å². The first-order valence-corrected chi connectivity index (χ1v) is 11.1. The quantitative estimate of drug-likeness (QED) is 0.455. The summed E-state index contributed by atoms with van der Waals surface area (Å²) in [5, 5.41) is 6.12. The normalized spacial score (nSPS) is 14.4. The number of carbonyl (C=O) groups excluding carboxylic acids is 1. The van der Waals surface area contributed by atoms with Crippen LogP contribution in [0.25, 0.3) is 15.9 Å². The maximum absolute atomic E-state index is 13.3. The molecule has 1 aliphatic rings. The van der Waals surface area contributed by atoms with Gasteiger partial charge in [0, 0.05) is 37.8 Å². The van der Waals surface area contributed by atoms with E-state index in [4.69, 9.17) is 11.6 Å². The number of benzene rings is 1. The second kappa shape index (κ2) is 7.94. The van der Waals surface area contributed by atoms with E-state index in [2.05, 4.69) is 15.0 Å². The Balaban J connectivity index is 1.35. The van der Waals surface area contributed by atoms with E-state index in [0.717, 1.165) is 27.4 Å². The number of hydrogen-bond acceptors (Lipinski definition) is 5. The highest BCUT2D eigenvalue weighted by atomic mass is 35.5. The lowest BCUT2D eigenvalue weighted by molar-refractivity contribution is 0.0751. The molecule has 0 radical (unpaired) electrons. The molecule has 0 N–H and O–H groups in total. The van der Waals surface area contributed by atoms with Crippen molar-refractivity contribution in [3.05, 3.63) is 70.1 Å². The molecule has 0 aliphatic carbocycles. The molecule has 1 amide bonds. The third-order valence-corrected chi connectivity index (χ3v) is 6.75. The van der Waals surface area contributed by atoms with Crippen molar-refractivity contribution in [2.24, 2.45) is 0 Å². The molecule has 0 unspecified atom stereocenters. The molecule has 0 spiro atoms. The molecule has 4 heterocycles. The number of pyridine rings is 1. The van der Waals surface area contributed by atoms with Crippen LogP contribution in [-0.2, 0) is 0 Å². The second-order valence-electron chi connectivity index (χ2n) is 7.42. The van der Waals surface area contributed by atoms with Crippen LogP contribution in [-0.4, -0.2) is 51.8 Å². The molecule has 1 aliphatic heterocycles. The van der Waals surface area contributed by atoms with Gasteiger partial charge < -0.3 is 9.80 Å². The first-order chi connectivity index (χ1) is 15.0. The number of rotatable bonds is 3. The molecule has 1 fully saturated rings. The van der Waals surface area contributed by atoms with Gasteiger partial charge in [-0.1, -0.05) is 11.6 Å². The van der Waals surface area contributed by atoms with Crippen LogP contribution in [0, 0.1) is 12.7 Å². The molecule has 0 saturated carbocycles. The molecule has 6 nitrogen and oxygen atoms in total. The van der Waals surface area contributed by atoms with Gasteiger partial charge in [-0.25, -0.2) is 14.1 Å². The smallest absolute Gasteiger partial charge is 0.264 e. The number of hydrogen-bond donors (Lipinski definition) is 0. The van der Waals surface area contributed by atoms with E-state index < -0.39 is 0 Å². The van der Waals surface area contributed by atoms with Crippen molar-refractivity contribution < 1.29 is 9.18 Å². The Labute approximate surface area is 187 Å². The third kappa shape index (κ3) is 3.77. The monoisotopic (exact) mass is 455 g/mol. The fourth-order valence-corrected chi connectivity index (χ4v) is 5.02. The van der Waals surface area contributed by atoms with Gasteiger partial charge in [0.2, 0.25) is 0 Å². The zero-order valence-electron chi connectivity index (χ0n) is 16.8. The summed E-state index contributed by atoms with van der Waals surface area (Å²) in [6.45, 7) is 4.60. The lowest BCUT2D eigenvalue weighted by atomic mass is 10.2. The molecule has 9 heteroatoms. The van der Waals surface area contributed by atoms with Crippen LogP contribution in [0.1, 0.15) is 15.4 Å². The average Bonchev–Trinajstić information content (AvgIpc) is 3.35. The molecule has 1 aromatic carbocycles. The lowest BCUT2D eigenvalue weighted by Gasteiger charge is -2.35. The van der Waals surface area contributed by atoms with Gasteiger partial charge in [-0.05, 0) is 49.4 Å². The number of fused-ring (bicyclic) bond motifs is 1. The number of halogens is 2. The first-order valence-electron chi connectivity index (χ1n) is 9.90. The number of thiophene rings is 1. The number of nitrogens with zero attached hydrogens (tertiary/aromatic N) is 5. The second-order valence-corrected chi connectivity index (χ2v) is 8.88. The lowest BCUT2D eigenvalue weighted by Crippen LogP contribution is -2.48. The van der Waals surface area contributed by atoms with Crippen LogP contribution in [0.2, 0.25) is 5.02 Å². The van der Waals surface area contributed by atoms with Crippen molar-refractivity contribution in [2.45, 2.75) is 6.92 Å². The Morgan fingerprint density at radius 2 is 1.84 bits per heavy atom. The Bertz CT molecular complexity index is 1240. The topological polar surface area (TPSA) is 54.3 Å². The molecular formula is C22H19ClFN5OS. The fraction of sp³-hybridized carbons (Fsp3) is 0.227. The van der Waals surface area contributed by atoms with E-state index >= 15 is 0 Å². The summed E-state index contributed by atoms with van der Waals surface area (Å²) in [4.78, 5) is 23.1. The van der Waals surface area contributed by atoms with Gasteiger partial charge in [-0.3, -0.25) is 4.79 Å². The fourth-order valence-electron chi connectivity index (χ4n) is 3.76. The van der Waals surface area contributed by atoms with Crippen molar-refractivity contribution in [1.29, 1.82) is 0 Å². The maximum atomic E-state index is 13.3. The Morgan fingerprint density at radius 3 is 2.52 bits per heavy atom. The van der Waals surface area contributed by atoms with Crippen molar-refractivity contribution in [2.75, 3.05) is 31.1 Å². The molecule has 0 bridgehead atoms. The molecule has 4 aromatic rings. The summed E-state index contributed by atoms with van der Waals surface area (Å²) in [5.41, 5.74) is 1.61. The Hall–Kier alpha value is -2.97. The predicted octanol–water partition coefficient (Wildman–Crippen LogP) is 4.55. The first kappa shape index (κ1) is 20.0. The van der Waals surface area contributed by atoms with Crippen molar-refractivity contribution in [3.8, 4) is 5.69 Å². The summed E-state index contributed by atoms with van der Waals surface area (Å²) in [5.74, 6) is 0.599. The maximum Gasteiger partial charge on any atom is 0.264 e. The zero-order valence-corrected chi connectivity index (χ0v) is 18.3. The highest BCUT2D eigenvalue weighted by molar-refractivity contribution is 7.20. The summed E-state index contributed by atoms with van der Waals surface area (Å²) >= 11 is 7.34. The van der Waals surface area contributed by atoms with E-state index in [-0.39, 0.29) is 11.7 Å². The summed E-state index contributed by atoms with van der Waals surface area (Å²) in [6, 6.07) is 11.8. The summed E-state index contributed by atoms with van der Waals surface area (Å²) < 4.78 is 15.1. The average molecular weight is 456 g/mol. The number of amides is 1. The van der Waals surface area contributed by atoms with Crippen molar-refractivity contribution in [3.63, 3.8) is 0 Å². The molecule has 1 saturated heterocycles. The third-order valence-electron chi connectivity index (χ3n) is 5.43. The number of aryl methyl sites for hydroxylation is 1. The van der Waals surface area contributed by atoms with Crippen molar-refractivity contribution >= 4 is 44.9 Å². The zero-order chi connectivity index (χ0) is 21.5. The Kier molecular flexibility index (Phi) is 5.11. The minimum Gasteiger partial charge on any atom is -0.353 e. The highest BCUT2D eigenvalue weighted by Crippen LogP contribution is 2.31. The summed E-state index contributed by atoms with van der Waals surface area (Å²) in [7, 11) is 0. The number of anilines is 1. The number of aromatic nitrogens is 3. The molecule has 5 rings (SSSR count). The van der Waals surface area contributed by atoms with Crippen LogP contribution in [0.5, 0.6) is 0 Å². The highest BCUT2D eigenvalue weighted by Gasteiger charge is 2.25. The SMILES string of the molecule is Cc1nn(-c2ccc(F)cc2)c2sc(C(=O)N3CCN(c4ccc(Cl)cn4)CC3)cc12. The van der Waals surface area contributed by atoms with E-state index in [1.807, 2.05) is 30.0 Å². The van der Waals surface area contributed by atoms with Crippen LogP contribution < -0.4 is 4.90 Å². The molecule has 0 atom stereocenters. The van der Waals surface area contributed by atoms with Crippen LogP contribution in [0.4, 0.5) is 10.2 Å². The largest absolute Gasteiger partial charge is 0.353 e. The van der Waals surface area contributed by atoms with Gasteiger partial charge in [-0.15, -0.1) is 11.3 Å². The Morgan fingerprint density at radius 1 is 1.10 bits per heavy atom. The van der Waals surface area contributed by atoms with E-state index in [0.29, 0.717) is 36.1 Å². The van der Waals surface area contributed by atoms with Crippen molar-refractivity contribution in [1.82, 2.24) is 19.7 Å². The molecule has 31 heavy (non-hydrogen) atoms. The van der Waals surface area contributed by atoms with Gasteiger partial charge in [0.1, 0.15) is 16.5 Å². The molecule has 158 valence electrons. The van der Waals surface area contributed by atoms with Gasteiger partial charge in [-0.2, -0.15) is 5.10 Å². The van der Waals surface area contributed by atoms with Crippen LogP contribution in [0.3, 0.4) is 0 Å².